The van der Waals surface area contributed by atoms with E-state index in [4.69, 9.17) is 9.47 Å². The predicted octanol–water partition coefficient (Wildman–Crippen LogP) is 6.51. The first kappa shape index (κ1) is 21.6. The Kier molecular flexibility index (Phi) is 7.13. The van der Waals surface area contributed by atoms with Crippen molar-refractivity contribution in [2.24, 2.45) is 5.92 Å². The SMILES string of the molecule is CCC(C)C(=O)OC1CCC(OC(C)(C)c2ccc(-c3ccccc3)cc2)CC1. The van der Waals surface area contributed by atoms with Gasteiger partial charge < -0.3 is 9.47 Å². The minimum Gasteiger partial charge on any atom is -0.462 e. The molecule has 0 N–H and O–H groups in total. The third kappa shape index (κ3) is 5.70. The van der Waals surface area contributed by atoms with E-state index >= 15 is 0 Å². The quantitative estimate of drug-likeness (QED) is 0.502. The summed E-state index contributed by atoms with van der Waals surface area (Å²) in [6, 6.07) is 19.1. The first-order chi connectivity index (χ1) is 13.9. The Balaban J connectivity index is 1.54. The number of carbonyl (C=O) groups excluding carboxylic acids is 1. The van der Waals surface area contributed by atoms with Gasteiger partial charge in [0.2, 0.25) is 0 Å². The smallest absolute Gasteiger partial charge is 0.308 e. The molecule has 1 saturated carbocycles. The normalized spacial score (nSPS) is 20.8. The monoisotopic (exact) mass is 394 g/mol. The summed E-state index contributed by atoms with van der Waals surface area (Å²) in [5.41, 5.74) is 3.28. The number of esters is 1. The molecular formula is C26H34O3. The van der Waals surface area contributed by atoms with Gasteiger partial charge in [0.1, 0.15) is 6.10 Å². The van der Waals surface area contributed by atoms with E-state index in [1.807, 2.05) is 19.9 Å². The maximum Gasteiger partial charge on any atom is 0.308 e. The molecule has 0 amide bonds. The van der Waals surface area contributed by atoms with E-state index in [0.29, 0.717) is 0 Å². The molecule has 1 unspecified atom stereocenters. The second-order valence-corrected chi connectivity index (χ2v) is 8.72. The highest BCUT2D eigenvalue weighted by Gasteiger charge is 2.31. The Morgan fingerprint density at radius 1 is 0.931 bits per heavy atom. The standard InChI is InChI=1S/C26H34O3/c1-5-19(2)25(27)28-23-15-17-24(18-16-23)29-26(3,4)22-13-11-21(12-14-22)20-9-7-6-8-10-20/h6-14,19,23-24H,5,15-18H2,1-4H3. The Morgan fingerprint density at radius 2 is 1.48 bits per heavy atom. The fraction of sp³-hybridized carbons (Fsp3) is 0.500. The third-order valence-electron chi connectivity index (χ3n) is 6.07. The van der Waals surface area contributed by atoms with Crippen LogP contribution in [0.4, 0.5) is 0 Å². The lowest BCUT2D eigenvalue weighted by atomic mass is 9.91. The van der Waals surface area contributed by atoms with Crippen LogP contribution in [-0.4, -0.2) is 18.2 Å². The lowest BCUT2D eigenvalue weighted by Crippen LogP contribution is -2.34. The van der Waals surface area contributed by atoms with Crippen molar-refractivity contribution in [3.05, 3.63) is 60.2 Å². The molecule has 0 spiro atoms. The van der Waals surface area contributed by atoms with E-state index in [0.717, 1.165) is 32.1 Å². The molecule has 0 heterocycles. The summed E-state index contributed by atoms with van der Waals surface area (Å²) in [6.07, 6.45) is 4.72. The number of benzene rings is 2. The van der Waals surface area contributed by atoms with Gasteiger partial charge in [-0.15, -0.1) is 0 Å². The van der Waals surface area contributed by atoms with Gasteiger partial charge in [0, 0.05) is 0 Å². The maximum atomic E-state index is 12.0. The summed E-state index contributed by atoms with van der Waals surface area (Å²) in [5.74, 6) is -0.0718. The van der Waals surface area contributed by atoms with Crippen molar-refractivity contribution in [1.82, 2.24) is 0 Å². The minimum atomic E-state index is -0.347. The first-order valence-electron chi connectivity index (χ1n) is 10.9. The summed E-state index contributed by atoms with van der Waals surface area (Å²) in [4.78, 5) is 12.0. The van der Waals surface area contributed by atoms with Crippen LogP contribution in [-0.2, 0) is 19.9 Å². The van der Waals surface area contributed by atoms with Crippen LogP contribution in [0.5, 0.6) is 0 Å². The van der Waals surface area contributed by atoms with Gasteiger partial charge in [-0.05, 0) is 62.6 Å². The second-order valence-electron chi connectivity index (χ2n) is 8.72. The Bertz CT molecular complexity index is 771. The molecule has 3 rings (SSSR count). The molecule has 3 heteroatoms. The molecule has 1 aliphatic carbocycles. The highest BCUT2D eigenvalue weighted by atomic mass is 16.5. The highest BCUT2D eigenvalue weighted by Crippen LogP contribution is 2.33. The Morgan fingerprint density at radius 3 is 2.07 bits per heavy atom. The summed E-state index contributed by atoms with van der Waals surface area (Å²) < 4.78 is 12.2. The summed E-state index contributed by atoms with van der Waals surface area (Å²) >= 11 is 0. The van der Waals surface area contributed by atoms with Gasteiger partial charge in [0.05, 0.1) is 17.6 Å². The van der Waals surface area contributed by atoms with E-state index < -0.39 is 0 Å². The maximum absolute atomic E-state index is 12.0. The topological polar surface area (TPSA) is 35.5 Å². The van der Waals surface area contributed by atoms with E-state index in [1.54, 1.807) is 0 Å². The number of ether oxygens (including phenoxy) is 2. The molecule has 1 atom stereocenters. The highest BCUT2D eigenvalue weighted by molar-refractivity contribution is 5.72. The molecular weight excluding hydrogens is 360 g/mol. The number of hydrogen-bond donors (Lipinski definition) is 0. The van der Waals surface area contributed by atoms with Crippen LogP contribution in [0.15, 0.2) is 54.6 Å². The summed E-state index contributed by atoms with van der Waals surface area (Å²) in [7, 11) is 0. The molecule has 0 radical (unpaired) electrons. The van der Waals surface area contributed by atoms with E-state index in [-0.39, 0.29) is 29.7 Å². The number of rotatable bonds is 7. The largest absolute Gasteiger partial charge is 0.462 e. The molecule has 156 valence electrons. The van der Waals surface area contributed by atoms with Crippen molar-refractivity contribution in [1.29, 1.82) is 0 Å². The Hall–Kier alpha value is -2.13. The van der Waals surface area contributed by atoms with Crippen LogP contribution in [0.3, 0.4) is 0 Å². The molecule has 29 heavy (non-hydrogen) atoms. The molecule has 2 aromatic rings. The van der Waals surface area contributed by atoms with Gasteiger partial charge in [-0.25, -0.2) is 0 Å². The van der Waals surface area contributed by atoms with E-state index in [1.165, 1.54) is 16.7 Å². The van der Waals surface area contributed by atoms with Crippen LogP contribution in [0.2, 0.25) is 0 Å². The predicted molar refractivity (Wildman–Crippen MR) is 118 cm³/mol. The zero-order valence-electron chi connectivity index (χ0n) is 18.2. The molecule has 0 saturated heterocycles. The third-order valence-corrected chi connectivity index (χ3v) is 6.07. The molecule has 1 aliphatic rings. The van der Waals surface area contributed by atoms with Crippen molar-refractivity contribution in [2.45, 2.75) is 77.6 Å². The number of hydrogen-bond acceptors (Lipinski definition) is 3. The van der Waals surface area contributed by atoms with Crippen molar-refractivity contribution < 1.29 is 14.3 Å². The zero-order valence-corrected chi connectivity index (χ0v) is 18.2. The molecule has 2 aromatic carbocycles. The van der Waals surface area contributed by atoms with Crippen LogP contribution >= 0.6 is 0 Å². The van der Waals surface area contributed by atoms with Gasteiger partial charge >= 0.3 is 5.97 Å². The average molecular weight is 395 g/mol. The molecule has 0 aromatic heterocycles. The summed E-state index contributed by atoms with van der Waals surface area (Å²) in [5, 5.41) is 0. The van der Waals surface area contributed by atoms with Crippen LogP contribution in [0, 0.1) is 5.92 Å². The molecule has 0 aliphatic heterocycles. The summed E-state index contributed by atoms with van der Waals surface area (Å²) in [6.45, 7) is 8.23. The van der Waals surface area contributed by atoms with Crippen molar-refractivity contribution in [3.63, 3.8) is 0 Å². The first-order valence-corrected chi connectivity index (χ1v) is 10.9. The molecule has 0 bridgehead atoms. The minimum absolute atomic E-state index is 0.0123. The van der Waals surface area contributed by atoms with Gasteiger partial charge in [0.25, 0.3) is 0 Å². The van der Waals surface area contributed by atoms with Crippen molar-refractivity contribution in [2.75, 3.05) is 0 Å². The average Bonchev–Trinajstić information content (AvgIpc) is 2.75. The fourth-order valence-corrected chi connectivity index (χ4v) is 3.89. The zero-order chi connectivity index (χ0) is 20.9. The van der Waals surface area contributed by atoms with Crippen LogP contribution < -0.4 is 0 Å². The van der Waals surface area contributed by atoms with Gasteiger partial charge in [-0.3, -0.25) is 4.79 Å². The lowest BCUT2D eigenvalue weighted by molar-refractivity contribution is -0.159. The van der Waals surface area contributed by atoms with E-state index in [2.05, 4.69) is 62.4 Å². The van der Waals surface area contributed by atoms with Gasteiger partial charge in [0.15, 0.2) is 0 Å². The molecule has 1 fully saturated rings. The van der Waals surface area contributed by atoms with Crippen LogP contribution in [0.1, 0.15) is 65.4 Å². The number of carbonyl (C=O) groups is 1. The lowest BCUT2D eigenvalue weighted by Gasteiger charge is -2.35. The van der Waals surface area contributed by atoms with Crippen molar-refractivity contribution in [3.8, 4) is 11.1 Å². The van der Waals surface area contributed by atoms with E-state index in [9.17, 15) is 4.79 Å². The van der Waals surface area contributed by atoms with Gasteiger partial charge in [-0.2, -0.15) is 0 Å². The fourth-order valence-electron chi connectivity index (χ4n) is 3.89. The Labute approximate surface area is 175 Å². The molecule has 3 nitrogen and oxygen atoms in total. The van der Waals surface area contributed by atoms with Crippen LogP contribution in [0.25, 0.3) is 11.1 Å². The second kappa shape index (κ2) is 9.58. The van der Waals surface area contributed by atoms with Crippen molar-refractivity contribution >= 4 is 5.97 Å². The van der Waals surface area contributed by atoms with Gasteiger partial charge in [-0.1, -0.05) is 68.4 Å².